The first-order chi connectivity index (χ1) is 21.8. The van der Waals surface area contributed by atoms with Crippen molar-refractivity contribution in [2.24, 2.45) is 0 Å². The minimum atomic E-state index is -3.13. The van der Waals surface area contributed by atoms with Crippen molar-refractivity contribution < 1.29 is 27.4 Å². The lowest BCUT2D eigenvalue weighted by atomic mass is 9.89. The van der Waals surface area contributed by atoms with Crippen LogP contribution in [0.25, 0.3) is 10.9 Å². The number of nitrogens with zero attached hydrogens (tertiary/aromatic N) is 2. The Labute approximate surface area is 261 Å². The predicted octanol–water partition coefficient (Wildman–Crippen LogP) is 5.65. The number of fused-ring (bicyclic) bond motifs is 1. The number of anilines is 2. The summed E-state index contributed by atoms with van der Waals surface area (Å²) in [7, 11) is 1.50. The standard InChI is InChI=1S/C34H40F3N5O3/c1-3-34(36,37)22-42-27(6-5-15-39-30-14-9-24(33(43)38-2)20-32(30)45-23-35)21-28-29(7-4-8-31(28)42)40-25-10-12-26(13-11-25)41-16-18-44-19-17-41/h3-4,7-9,14,20-21,25-26,39-40H,1,10-13,15-19,22-23H2,2H3,(H,38,43)/t25-,26+. The second-order valence-electron chi connectivity index (χ2n) is 11.3. The number of alkyl halides is 3. The molecule has 1 aliphatic carbocycles. The van der Waals surface area contributed by atoms with E-state index in [1.165, 1.54) is 17.7 Å². The predicted molar refractivity (Wildman–Crippen MR) is 171 cm³/mol. The first kappa shape index (κ1) is 32.3. The van der Waals surface area contributed by atoms with Crippen molar-refractivity contribution in [3.8, 4) is 17.6 Å². The zero-order valence-electron chi connectivity index (χ0n) is 25.5. The van der Waals surface area contributed by atoms with Gasteiger partial charge in [-0.05, 0) is 74.1 Å². The van der Waals surface area contributed by atoms with Crippen LogP contribution in [0.4, 0.5) is 24.5 Å². The topological polar surface area (TPSA) is 79.8 Å². The van der Waals surface area contributed by atoms with Crippen LogP contribution in [0.15, 0.2) is 55.1 Å². The number of benzene rings is 2. The van der Waals surface area contributed by atoms with E-state index in [2.05, 4.69) is 39.3 Å². The molecule has 2 aromatic carbocycles. The van der Waals surface area contributed by atoms with Gasteiger partial charge in [0.05, 0.1) is 43.2 Å². The molecule has 5 rings (SSSR count). The normalized spacial score (nSPS) is 18.9. The number of aromatic nitrogens is 1. The zero-order chi connectivity index (χ0) is 31.8. The van der Waals surface area contributed by atoms with Crippen LogP contribution in [0.3, 0.4) is 0 Å². The van der Waals surface area contributed by atoms with Crippen LogP contribution < -0.4 is 20.7 Å². The Bertz CT molecular complexity index is 1550. The van der Waals surface area contributed by atoms with Crippen LogP contribution in [0.2, 0.25) is 0 Å². The molecule has 240 valence electrons. The number of halogens is 3. The summed E-state index contributed by atoms with van der Waals surface area (Å²) in [5.41, 5.74) is 2.76. The Hall–Kier alpha value is -4.14. The summed E-state index contributed by atoms with van der Waals surface area (Å²) >= 11 is 0. The van der Waals surface area contributed by atoms with Crippen LogP contribution in [0, 0.1) is 11.8 Å². The summed E-state index contributed by atoms with van der Waals surface area (Å²) < 4.78 is 54.4. The number of carbonyl (C=O) groups is 1. The molecule has 0 radical (unpaired) electrons. The highest BCUT2D eigenvalue weighted by molar-refractivity contribution is 5.95. The van der Waals surface area contributed by atoms with Gasteiger partial charge in [-0.3, -0.25) is 9.69 Å². The summed E-state index contributed by atoms with van der Waals surface area (Å²) in [6.45, 7) is 5.34. The third-order valence-electron chi connectivity index (χ3n) is 8.50. The van der Waals surface area contributed by atoms with Crippen LogP contribution in [-0.2, 0) is 11.3 Å². The number of allylic oxidation sites excluding steroid dienone is 1. The molecule has 0 bridgehead atoms. The van der Waals surface area contributed by atoms with E-state index in [1.54, 1.807) is 12.1 Å². The van der Waals surface area contributed by atoms with Gasteiger partial charge in [-0.1, -0.05) is 18.6 Å². The van der Waals surface area contributed by atoms with Gasteiger partial charge < -0.3 is 30.0 Å². The molecule has 3 N–H and O–H groups in total. The molecule has 1 amide bonds. The van der Waals surface area contributed by atoms with Crippen molar-refractivity contribution in [1.29, 1.82) is 0 Å². The fraction of sp³-hybridized carbons (Fsp3) is 0.441. The number of hydrogen-bond donors (Lipinski definition) is 3. The van der Waals surface area contributed by atoms with E-state index in [0.717, 1.165) is 63.1 Å². The molecule has 1 saturated heterocycles. The maximum Gasteiger partial charge on any atom is 0.283 e. The first-order valence-corrected chi connectivity index (χ1v) is 15.3. The average Bonchev–Trinajstić information content (AvgIpc) is 3.41. The number of amides is 1. The van der Waals surface area contributed by atoms with Crippen LogP contribution in [-0.4, -0.2) is 80.1 Å². The lowest BCUT2D eigenvalue weighted by Crippen LogP contribution is -2.46. The van der Waals surface area contributed by atoms with E-state index in [-0.39, 0.29) is 18.2 Å². The van der Waals surface area contributed by atoms with Gasteiger partial charge in [-0.15, -0.1) is 0 Å². The second kappa shape index (κ2) is 14.8. The van der Waals surface area contributed by atoms with Crippen LogP contribution in [0.5, 0.6) is 5.75 Å². The molecule has 2 fully saturated rings. The third kappa shape index (κ3) is 7.93. The fourth-order valence-electron chi connectivity index (χ4n) is 6.11. The molecule has 3 aromatic rings. The molecule has 0 atom stereocenters. The molecule has 0 spiro atoms. The van der Waals surface area contributed by atoms with Crippen molar-refractivity contribution in [2.45, 2.75) is 50.2 Å². The zero-order valence-corrected chi connectivity index (χ0v) is 25.5. The van der Waals surface area contributed by atoms with E-state index in [9.17, 15) is 18.0 Å². The van der Waals surface area contributed by atoms with Crippen molar-refractivity contribution in [3.05, 3.63) is 66.4 Å². The van der Waals surface area contributed by atoms with Gasteiger partial charge >= 0.3 is 0 Å². The Morgan fingerprint density at radius 1 is 1.13 bits per heavy atom. The molecule has 1 aromatic heterocycles. The van der Waals surface area contributed by atoms with Crippen LogP contribution >= 0.6 is 0 Å². The van der Waals surface area contributed by atoms with E-state index in [1.807, 2.05) is 24.3 Å². The number of ether oxygens (including phenoxy) is 2. The van der Waals surface area contributed by atoms with Gasteiger partial charge in [0.25, 0.3) is 11.8 Å². The van der Waals surface area contributed by atoms with E-state index >= 15 is 0 Å². The van der Waals surface area contributed by atoms with Gasteiger partial charge in [0, 0.05) is 48.9 Å². The maximum absolute atomic E-state index is 14.6. The van der Waals surface area contributed by atoms with Crippen molar-refractivity contribution in [1.82, 2.24) is 14.8 Å². The lowest BCUT2D eigenvalue weighted by molar-refractivity contribution is 0.00791. The van der Waals surface area contributed by atoms with E-state index in [0.29, 0.717) is 40.6 Å². The molecular formula is C34H40F3N5O3. The van der Waals surface area contributed by atoms with Gasteiger partial charge in [-0.2, -0.15) is 0 Å². The number of rotatable bonds is 11. The molecule has 11 heteroatoms. The van der Waals surface area contributed by atoms with Crippen LogP contribution in [0.1, 0.15) is 41.7 Å². The molecule has 0 unspecified atom stereocenters. The fourth-order valence-corrected chi connectivity index (χ4v) is 6.11. The summed E-state index contributed by atoms with van der Waals surface area (Å²) in [6, 6.07) is 13.0. The van der Waals surface area contributed by atoms with E-state index < -0.39 is 19.3 Å². The van der Waals surface area contributed by atoms with E-state index in [4.69, 9.17) is 9.47 Å². The second-order valence-corrected chi connectivity index (χ2v) is 11.3. The smallest absolute Gasteiger partial charge is 0.283 e. The summed E-state index contributed by atoms with van der Waals surface area (Å²) in [5.74, 6) is 2.74. The van der Waals surface area contributed by atoms with Crippen molar-refractivity contribution in [2.75, 3.05) is 57.4 Å². The number of nitrogens with one attached hydrogen (secondary N) is 3. The van der Waals surface area contributed by atoms with Gasteiger partial charge in [0.2, 0.25) is 6.86 Å². The molecule has 1 aliphatic heterocycles. The van der Waals surface area contributed by atoms with Gasteiger partial charge in [0.1, 0.15) is 5.75 Å². The summed E-state index contributed by atoms with van der Waals surface area (Å²) in [4.78, 5) is 14.5. The Morgan fingerprint density at radius 2 is 1.91 bits per heavy atom. The maximum atomic E-state index is 14.6. The lowest BCUT2D eigenvalue weighted by Gasteiger charge is -2.39. The molecule has 1 saturated carbocycles. The molecular weight excluding hydrogens is 583 g/mol. The average molecular weight is 624 g/mol. The summed E-state index contributed by atoms with van der Waals surface area (Å²) in [5, 5.41) is 10.1. The summed E-state index contributed by atoms with van der Waals surface area (Å²) in [6.07, 6.45) is 4.93. The molecule has 2 aliphatic rings. The minimum absolute atomic E-state index is 0.124. The quantitative estimate of drug-likeness (QED) is 0.189. The largest absolute Gasteiger partial charge is 0.461 e. The highest BCUT2D eigenvalue weighted by Gasteiger charge is 2.29. The molecule has 8 nitrogen and oxygen atoms in total. The molecule has 2 heterocycles. The minimum Gasteiger partial charge on any atom is -0.461 e. The number of carbonyl (C=O) groups excluding carboxylic acids is 1. The highest BCUT2D eigenvalue weighted by atomic mass is 19.3. The number of morpholine rings is 1. The van der Waals surface area contributed by atoms with Crippen molar-refractivity contribution in [3.63, 3.8) is 0 Å². The Kier molecular flexibility index (Phi) is 10.6. The SMILES string of the molecule is C=CC(F)(F)Cn1c(C#CCNc2ccc(C(=O)NC)cc2OCF)cc2c(N[C@H]3CC[C@@H](N4CCOCC4)CC3)cccc21. The third-order valence-corrected chi connectivity index (χ3v) is 8.50. The van der Waals surface area contributed by atoms with Gasteiger partial charge in [-0.25, -0.2) is 13.2 Å². The monoisotopic (exact) mass is 623 g/mol. The Balaban J connectivity index is 1.34. The van der Waals surface area contributed by atoms with Crippen molar-refractivity contribution >= 4 is 28.2 Å². The van der Waals surface area contributed by atoms with Gasteiger partial charge in [0.15, 0.2) is 0 Å². The highest BCUT2D eigenvalue weighted by Crippen LogP contribution is 2.33. The Morgan fingerprint density at radius 3 is 2.62 bits per heavy atom. The first-order valence-electron chi connectivity index (χ1n) is 15.3. The number of hydrogen-bond acceptors (Lipinski definition) is 6. The molecule has 45 heavy (non-hydrogen) atoms.